The van der Waals surface area contributed by atoms with Gasteiger partial charge >= 0.3 is 0 Å². The van der Waals surface area contributed by atoms with E-state index in [0.717, 1.165) is 0 Å². The highest BCUT2D eigenvalue weighted by atomic mass is 33.5. The minimum absolute atomic E-state index is 1.33. The van der Waals surface area contributed by atoms with Crippen LogP contribution in [0.1, 0.15) is 13.8 Å². The van der Waals surface area contributed by atoms with Crippen LogP contribution in [0.3, 0.4) is 0 Å². The highest BCUT2D eigenvalue weighted by Crippen LogP contribution is 2.26. The Bertz CT molecular complexity index is 63.3. The summed E-state index contributed by atoms with van der Waals surface area (Å²) in [4.78, 5) is 0. The number of hydrogen-bond acceptors (Lipinski definition) is 3. The van der Waals surface area contributed by atoms with Crippen molar-refractivity contribution in [1.82, 2.24) is 0 Å². The van der Waals surface area contributed by atoms with Crippen molar-refractivity contribution in [3.8, 4) is 0 Å². The Hall–Kier alpha value is 0.790. The Kier molecular flexibility index (Phi) is 5.49. The van der Waals surface area contributed by atoms with Crippen LogP contribution in [0.5, 0.6) is 0 Å². The van der Waals surface area contributed by atoms with Crippen molar-refractivity contribution in [1.29, 1.82) is 0 Å². The lowest BCUT2D eigenvalue weighted by Crippen LogP contribution is -1.52. The Morgan fingerprint density at radius 2 is 2.14 bits per heavy atom. The van der Waals surface area contributed by atoms with Crippen LogP contribution in [0.4, 0.5) is 0 Å². The zero-order valence-corrected chi connectivity index (χ0v) is 6.87. The molecule has 0 rings (SSSR count). The van der Waals surface area contributed by atoms with Gasteiger partial charge in [-0.3, -0.25) is 0 Å². The lowest BCUT2D eigenvalue weighted by molar-refractivity contribution is 1.42. The summed E-state index contributed by atoms with van der Waals surface area (Å²) in [5, 5.41) is 2.07. The molecular weight excluding hydrogens is 144 g/mol. The Balaban J connectivity index is 3.08. The predicted octanol–water partition coefficient (Wildman–Crippen LogP) is 3.14. The van der Waals surface area contributed by atoms with Crippen molar-refractivity contribution in [2.75, 3.05) is 0 Å². The summed E-state index contributed by atoms with van der Waals surface area (Å²) in [6.45, 7) is 4.13. The predicted molar refractivity (Wildman–Crippen MR) is 43.6 cm³/mol. The molecule has 42 valence electrons. The molecule has 0 saturated carbocycles. The van der Waals surface area contributed by atoms with Gasteiger partial charge in [0.1, 0.15) is 0 Å². The Morgan fingerprint density at radius 1 is 1.57 bits per heavy atom. The van der Waals surface area contributed by atoms with Gasteiger partial charge in [0.15, 0.2) is 0 Å². The van der Waals surface area contributed by atoms with E-state index in [0.29, 0.717) is 0 Å². The van der Waals surface area contributed by atoms with Gasteiger partial charge in [-0.15, -0.1) is 0 Å². The fraction of sp³-hybridized carbons (Fsp3) is 0.500. The first-order valence-electron chi connectivity index (χ1n) is 1.87. The van der Waals surface area contributed by atoms with Crippen LogP contribution < -0.4 is 0 Å². The van der Waals surface area contributed by atoms with Crippen LogP contribution in [-0.2, 0) is 0 Å². The summed E-state index contributed by atoms with van der Waals surface area (Å²) in [5.74, 6) is 0. The maximum Gasteiger partial charge on any atom is -0.0187 e. The SMILES string of the molecule is CC(C)=CSSS. The number of thiol groups is 1. The summed E-state index contributed by atoms with van der Waals surface area (Å²) in [7, 11) is 3.10. The summed E-state index contributed by atoms with van der Waals surface area (Å²) >= 11 is 3.93. The average Bonchev–Trinajstić information content (AvgIpc) is 1.61. The van der Waals surface area contributed by atoms with Crippen LogP contribution in [0.25, 0.3) is 0 Å². The summed E-state index contributed by atoms with van der Waals surface area (Å²) < 4.78 is 0. The molecule has 0 radical (unpaired) electrons. The second-order valence-electron chi connectivity index (χ2n) is 1.37. The normalized spacial score (nSPS) is 8.43. The zero-order valence-electron chi connectivity index (χ0n) is 4.34. The van der Waals surface area contributed by atoms with Crippen LogP contribution in [0.15, 0.2) is 11.0 Å². The summed E-state index contributed by atoms with van der Waals surface area (Å²) in [6.07, 6.45) is 0. The van der Waals surface area contributed by atoms with E-state index in [9.17, 15) is 0 Å². The van der Waals surface area contributed by atoms with Gasteiger partial charge in [-0.05, 0) is 29.1 Å². The molecule has 0 aromatic carbocycles. The van der Waals surface area contributed by atoms with E-state index in [1.54, 1.807) is 10.8 Å². The maximum atomic E-state index is 3.93. The van der Waals surface area contributed by atoms with Crippen LogP contribution in [0.2, 0.25) is 0 Å². The van der Waals surface area contributed by atoms with Crippen LogP contribution in [0, 0.1) is 0 Å². The molecule has 0 amide bonds. The van der Waals surface area contributed by atoms with E-state index in [4.69, 9.17) is 0 Å². The quantitative estimate of drug-likeness (QED) is 0.477. The van der Waals surface area contributed by atoms with E-state index < -0.39 is 0 Å². The average molecular weight is 152 g/mol. The fourth-order valence-corrected chi connectivity index (χ4v) is 1.45. The maximum absolute atomic E-state index is 3.93. The lowest BCUT2D eigenvalue weighted by Gasteiger charge is -1.83. The van der Waals surface area contributed by atoms with Crippen molar-refractivity contribution in [3.63, 3.8) is 0 Å². The van der Waals surface area contributed by atoms with Crippen molar-refractivity contribution in [2.45, 2.75) is 13.8 Å². The third-order valence-electron chi connectivity index (χ3n) is 0.327. The van der Waals surface area contributed by atoms with Gasteiger partial charge in [0.25, 0.3) is 0 Å². The molecule has 0 atom stereocenters. The van der Waals surface area contributed by atoms with Gasteiger partial charge in [0.05, 0.1) is 0 Å². The standard InChI is InChI=1S/C4H8S3/c1-4(2)3-6-7-5/h3,5H,1-2H3. The van der Waals surface area contributed by atoms with Crippen molar-refractivity contribution in [2.24, 2.45) is 0 Å². The molecule has 0 N–H and O–H groups in total. The van der Waals surface area contributed by atoms with Gasteiger partial charge in [-0.1, -0.05) is 28.0 Å². The molecular formula is C4H8S3. The molecule has 0 aliphatic heterocycles. The molecule has 0 spiro atoms. The van der Waals surface area contributed by atoms with E-state index in [1.165, 1.54) is 15.4 Å². The third-order valence-corrected chi connectivity index (χ3v) is 2.30. The largest absolute Gasteiger partial charge is 0.0994 e. The van der Waals surface area contributed by atoms with Gasteiger partial charge in [0, 0.05) is 0 Å². The van der Waals surface area contributed by atoms with Crippen molar-refractivity contribution < 1.29 is 0 Å². The topological polar surface area (TPSA) is 0 Å². The van der Waals surface area contributed by atoms with Gasteiger partial charge in [-0.2, -0.15) is 0 Å². The van der Waals surface area contributed by atoms with Crippen molar-refractivity contribution in [3.05, 3.63) is 11.0 Å². The minimum atomic E-state index is 1.33. The van der Waals surface area contributed by atoms with Gasteiger partial charge < -0.3 is 0 Å². The Morgan fingerprint density at radius 3 is 2.29 bits per heavy atom. The summed E-state index contributed by atoms with van der Waals surface area (Å²) in [6, 6.07) is 0. The zero-order chi connectivity index (χ0) is 5.70. The number of allylic oxidation sites excluding steroid dienone is 1. The molecule has 0 aliphatic rings. The highest BCUT2D eigenvalue weighted by Gasteiger charge is 1.74. The van der Waals surface area contributed by atoms with Gasteiger partial charge in [-0.25, -0.2) is 0 Å². The molecule has 0 aliphatic carbocycles. The second-order valence-corrected chi connectivity index (χ2v) is 4.31. The monoisotopic (exact) mass is 152 g/mol. The molecule has 0 aromatic heterocycles. The number of rotatable bonds is 2. The molecule has 3 heteroatoms. The molecule has 0 unspecified atom stereocenters. The van der Waals surface area contributed by atoms with E-state index >= 15 is 0 Å². The van der Waals surface area contributed by atoms with E-state index in [1.807, 2.05) is 0 Å². The molecule has 7 heavy (non-hydrogen) atoms. The Labute approximate surface area is 57.3 Å². The fourth-order valence-electron chi connectivity index (χ4n) is 0.118. The molecule has 0 heterocycles. The van der Waals surface area contributed by atoms with E-state index in [2.05, 4.69) is 30.9 Å². The smallest absolute Gasteiger partial charge is 0.0187 e. The van der Waals surface area contributed by atoms with Gasteiger partial charge in [0.2, 0.25) is 0 Å². The molecule has 0 nitrogen and oxygen atoms in total. The molecule has 0 aromatic rings. The second kappa shape index (κ2) is 4.94. The molecule has 0 bridgehead atoms. The lowest BCUT2D eigenvalue weighted by atomic mass is 10.4. The third kappa shape index (κ3) is 6.79. The minimum Gasteiger partial charge on any atom is -0.0994 e. The van der Waals surface area contributed by atoms with Crippen LogP contribution in [-0.4, -0.2) is 0 Å². The van der Waals surface area contributed by atoms with Crippen molar-refractivity contribution >= 4 is 32.3 Å². The first-order chi connectivity index (χ1) is 3.27. The summed E-state index contributed by atoms with van der Waals surface area (Å²) in [5.41, 5.74) is 1.33. The van der Waals surface area contributed by atoms with E-state index in [-0.39, 0.29) is 0 Å². The first kappa shape index (κ1) is 7.79. The molecule has 0 saturated heterocycles. The first-order valence-corrected chi connectivity index (χ1v) is 5.14. The van der Waals surface area contributed by atoms with Crippen LogP contribution >= 0.6 is 32.3 Å². The number of hydrogen-bond donors (Lipinski definition) is 1. The molecule has 0 fully saturated rings. The highest BCUT2D eigenvalue weighted by molar-refractivity contribution is 9.06.